The van der Waals surface area contributed by atoms with Crippen LogP contribution in [0.15, 0.2) is 48.5 Å². The first-order valence-corrected chi connectivity index (χ1v) is 7.17. The van der Waals surface area contributed by atoms with Crippen molar-refractivity contribution in [2.24, 2.45) is 11.7 Å². The molecule has 0 fully saturated rings. The highest BCUT2D eigenvalue weighted by molar-refractivity contribution is 5.93. The highest BCUT2D eigenvalue weighted by atomic mass is 35.5. The number of hydrogen-bond acceptors (Lipinski definition) is 2. The van der Waals surface area contributed by atoms with Gasteiger partial charge in [-0.05, 0) is 36.6 Å². The minimum Gasteiger partial charge on any atom is -0.326 e. The molecule has 0 aliphatic rings. The molecule has 4 heteroatoms. The number of carbonyl (C=O) groups excluding carboxylic acids is 1. The molecule has 3 N–H and O–H groups in total. The Kier molecular flexibility index (Phi) is 6.60. The smallest absolute Gasteiger partial charge is 0.229 e. The van der Waals surface area contributed by atoms with Gasteiger partial charge in [0.05, 0.1) is 5.92 Å². The van der Waals surface area contributed by atoms with Gasteiger partial charge < -0.3 is 11.1 Å². The molecule has 0 saturated carbocycles. The second-order valence-corrected chi connectivity index (χ2v) is 5.53. The molecule has 2 unspecified atom stereocenters. The van der Waals surface area contributed by atoms with E-state index in [0.29, 0.717) is 0 Å². The van der Waals surface area contributed by atoms with Crippen LogP contribution in [0, 0.1) is 19.8 Å². The summed E-state index contributed by atoms with van der Waals surface area (Å²) in [7, 11) is 0. The summed E-state index contributed by atoms with van der Waals surface area (Å²) in [6, 6.07) is 15.4. The van der Waals surface area contributed by atoms with E-state index in [-0.39, 0.29) is 30.3 Å². The van der Waals surface area contributed by atoms with Gasteiger partial charge in [0, 0.05) is 11.7 Å². The summed E-state index contributed by atoms with van der Waals surface area (Å²) < 4.78 is 0. The maximum Gasteiger partial charge on any atom is 0.229 e. The van der Waals surface area contributed by atoms with E-state index < -0.39 is 0 Å². The minimum atomic E-state index is -0.309. The van der Waals surface area contributed by atoms with Gasteiger partial charge in [0.25, 0.3) is 0 Å². The summed E-state index contributed by atoms with van der Waals surface area (Å²) in [6.45, 7) is 5.85. The quantitative estimate of drug-likeness (QED) is 0.895. The van der Waals surface area contributed by atoms with Crippen molar-refractivity contribution >= 4 is 24.0 Å². The number of nitrogens with two attached hydrogens (primary N) is 1. The first-order valence-electron chi connectivity index (χ1n) is 7.17. The van der Waals surface area contributed by atoms with Crippen LogP contribution in [0.1, 0.15) is 29.7 Å². The van der Waals surface area contributed by atoms with E-state index in [1.807, 2.05) is 69.3 Å². The zero-order chi connectivity index (χ0) is 15.4. The van der Waals surface area contributed by atoms with Crippen molar-refractivity contribution in [2.45, 2.75) is 26.8 Å². The Morgan fingerprint density at radius 1 is 1.09 bits per heavy atom. The fraction of sp³-hybridized carbons (Fsp3) is 0.278. The maximum atomic E-state index is 12.4. The first-order chi connectivity index (χ1) is 9.99. The van der Waals surface area contributed by atoms with E-state index in [2.05, 4.69) is 5.32 Å². The maximum absolute atomic E-state index is 12.4. The Labute approximate surface area is 138 Å². The average molecular weight is 319 g/mol. The highest BCUT2D eigenvalue weighted by Crippen LogP contribution is 2.22. The molecule has 22 heavy (non-hydrogen) atoms. The molecule has 0 aliphatic carbocycles. The van der Waals surface area contributed by atoms with Crippen molar-refractivity contribution in [3.63, 3.8) is 0 Å². The summed E-state index contributed by atoms with van der Waals surface area (Å²) in [5.41, 5.74) is 10.2. The van der Waals surface area contributed by atoms with Crippen molar-refractivity contribution in [1.29, 1.82) is 0 Å². The number of aryl methyl sites for hydroxylation is 2. The zero-order valence-electron chi connectivity index (χ0n) is 13.2. The predicted molar refractivity (Wildman–Crippen MR) is 94.3 cm³/mol. The van der Waals surface area contributed by atoms with E-state index in [9.17, 15) is 4.79 Å². The third-order valence-corrected chi connectivity index (χ3v) is 3.79. The molecule has 0 bridgehead atoms. The number of rotatable bonds is 4. The number of amides is 1. The van der Waals surface area contributed by atoms with Crippen LogP contribution >= 0.6 is 12.4 Å². The Morgan fingerprint density at radius 2 is 1.73 bits per heavy atom. The van der Waals surface area contributed by atoms with Gasteiger partial charge in [0.2, 0.25) is 5.91 Å². The lowest BCUT2D eigenvalue weighted by Gasteiger charge is -2.20. The number of halogens is 1. The van der Waals surface area contributed by atoms with Gasteiger partial charge in [-0.3, -0.25) is 4.79 Å². The molecule has 3 nitrogen and oxygen atoms in total. The fourth-order valence-electron chi connectivity index (χ4n) is 2.24. The molecule has 0 spiro atoms. The van der Waals surface area contributed by atoms with Crippen LogP contribution in [0.4, 0.5) is 5.69 Å². The molecule has 0 heterocycles. The predicted octanol–water partition coefficient (Wildman–Crippen LogP) is 4.00. The number of nitrogens with one attached hydrogen (secondary N) is 1. The number of carbonyl (C=O) groups is 1. The number of hydrogen-bond donors (Lipinski definition) is 2. The van der Waals surface area contributed by atoms with Gasteiger partial charge in [-0.25, -0.2) is 0 Å². The molecule has 0 aromatic heterocycles. The summed E-state index contributed by atoms with van der Waals surface area (Å²) >= 11 is 0. The van der Waals surface area contributed by atoms with Crippen LogP contribution in [-0.2, 0) is 4.79 Å². The van der Waals surface area contributed by atoms with Crippen molar-refractivity contribution < 1.29 is 4.79 Å². The van der Waals surface area contributed by atoms with Crippen LogP contribution < -0.4 is 11.1 Å². The van der Waals surface area contributed by atoms with Gasteiger partial charge in [-0.2, -0.15) is 0 Å². The van der Waals surface area contributed by atoms with Crippen LogP contribution in [0.3, 0.4) is 0 Å². The molecule has 0 saturated heterocycles. The fourth-order valence-corrected chi connectivity index (χ4v) is 2.24. The standard InChI is InChI=1S/C18H22N2O.ClH/c1-12-9-10-13(2)16(11-12)20-18(21)14(3)17(19)15-7-5-4-6-8-15;/h4-11,14,17H,19H2,1-3H3,(H,20,21);1H. The third kappa shape index (κ3) is 4.33. The molecule has 2 rings (SSSR count). The van der Waals surface area contributed by atoms with E-state index >= 15 is 0 Å². The summed E-state index contributed by atoms with van der Waals surface area (Å²) in [5.74, 6) is -0.354. The SMILES string of the molecule is Cc1ccc(C)c(NC(=O)C(C)C(N)c2ccccc2)c1.Cl. The van der Waals surface area contributed by atoms with Gasteiger partial charge >= 0.3 is 0 Å². The second kappa shape index (κ2) is 7.97. The van der Waals surface area contributed by atoms with Crippen LogP contribution in [0.5, 0.6) is 0 Å². The normalized spacial score (nSPS) is 12.9. The van der Waals surface area contributed by atoms with Crippen molar-refractivity contribution in [3.8, 4) is 0 Å². The van der Waals surface area contributed by atoms with Crippen molar-refractivity contribution in [2.75, 3.05) is 5.32 Å². The van der Waals surface area contributed by atoms with Gasteiger partial charge in [-0.1, -0.05) is 49.4 Å². The van der Waals surface area contributed by atoms with Crippen molar-refractivity contribution in [1.82, 2.24) is 0 Å². The molecule has 0 radical (unpaired) electrons. The number of benzene rings is 2. The van der Waals surface area contributed by atoms with Gasteiger partial charge in [-0.15, -0.1) is 12.4 Å². The monoisotopic (exact) mass is 318 g/mol. The second-order valence-electron chi connectivity index (χ2n) is 5.53. The first kappa shape index (κ1) is 18.2. The van der Waals surface area contributed by atoms with E-state index in [4.69, 9.17) is 5.73 Å². The molecular formula is C18H23ClN2O. The lowest BCUT2D eigenvalue weighted by molar-refractivity contribution is -0.120. The molecule has 2 aromatic carbocycles. The van der Waals surface area contributed by atoms with E-state index in [0.717, 1.165) is 22.4 Å². The van der Waals surface area contributed by atoms with E-state index in [1.54, 1.807) is 0 Å². The highest BCUT2D eigenvalue weighted by Gasteiger charge is 2.22. The third-order valence-electron chi connectivity index (χ3n) is 3.79. The molecule has 1 amide bonds. The molecule has 118 valence electrons. The molecular weight excluding hydrogens is 296 g/mol. The van der Waals surface area contributed by atoms with Gasteiger partial charge in [0.1, 0.15) is 0 Å². The van der Waals surface area contributed by atoms with Gasteiger partial charge in [0.15, 0.2) is 0 Å². The topological polar surface area (TPSA) is 55.1 Å². The summed E-state index contributed by atoms with van der Waals surface area (Å²) in [4.78, 5) is 12.4. The Bertz CT molecular complexity index is 628. The lowest BCUT2D eigenvalue weighted by Crippen LogP contribution is -2.30. The molecule has 0 aliphatic heterocycles. The Balaban J connectivity index is 0.00000242. The van der Waals surface area contributed by atoms with Crippen molar-refractivity contribution in [3.05, 3.63) is 65.2 Å². The minimum absolute atomic E-state index is 0. The zero-order valence-corrected chi connectivity index (χ0v) is 14.0. The average Bonchev–Trinajstić information content (AvgIpc) is 2.50. The lowest BCUT2D eigenvalue weighted by atomic mass is 9.94. The Morgan fingerprint density at radius 3 is 2.36 bits per heavy atom. The Hall–Kier alpha value is -1.84. The molecule has 2 atom stereocenters. The molecule has 2 aromatic rings. The number of anilines is 1. The van der Waals surface area contributed by atoms with Crippen LogP contribution in [0.25, 0.3) is 0 Å². The summed E-state index contributed by atoms with van der Waals surface area (Å²) in [6.07, 6.45) is 0. The van der Waals surface area contributed by atoms with E-state index in [1.165, 1.54) is 0 Å². The summed E-state index contributed by atoms with van der Waals surface area (Å²) in [5, 5.41) is 2.98. The van der Waals surface area contributed by atoms with Crippen LogP contribution in [0.2, 0.25) is 0 Å². The largest absolute Gasteiger partial charge is 0.326 e. The van der Waals surface area contributed by atoms with Crippen LogP contribution in [-0.4, -0.2) is 5.91 Å².